The van der Waals surface area contributed by atoms with Crippen molar-refractivity contribution in [1.82, 2.24) is 10.2 Å². The van der Waals surface area contributed by atoms with E-state index in [1.54, 1.807) is 31.2 Å². The number of carbonyl (C=O) groups is 2. The Hall–Kier alpha value is -1.99. The summed E-state index contributed by atoms with van der Waals surface area (Å²) in [6.45, 7) is 7.60. The van der Waals surface area contributed by atoms with E-state index in [2.05, 4.69) is 22.5 Å². The lowest BCUT2D eigenvalue weighted by molar-refractivity contribution is -0.112. The smallest absolute Gasteiger partial charge is 0.265 e. The Bertz CT molecular complexity index is 748. The quantitative estimate of drug-likeness (QED) is 0.663. The fraction of sp³-hybridized carbons (Fsp3) is 0.545. The number of hydrogen-bond acceptors (Lipinski definition) is 5. The monoisotopic (exact) mass is 417 g/mol. The van der Waals surface area contributed by atoms with Crippen molar-refractivity contribution in [2.24, 2.45) is 0 Å². The van der Waals surface area contributed by atoms with E-state index in [9.17, 15) is 9.59 Å². The minimum atomic E-state index is -0.170. The van der Waals surface area contributed by atoms with Gasteiger partial charge in [-0.2, -0.15) is 0 Å². The van der Waals surface area contributed by atoms with Gasteiger partial charge in [-0.3, -0.25) is 9.59 Å². The molecule has 7 heteroatoms. The van der Waals surface area contributed by atoms with Crippen LogP contribution in [0.1, 0.15) is 49.9 Å². The van der Waals surface area contributed by atoms with Crippen LogP contribution in [-0.4, -0.2) is 54.8 Å². The van der Waals surface area contributed by atoms with Crippen molar-refractivity contribution in [1.29, 1.82) is 0 Å². The van der Waals surface area contributed by atoms with Crippen LogP contribution >= 0.6 is 11.8 Å². The van der Waals surface area contributed by atoms with Gasteiger partial charge in [0, 0.05) is 36.1 Å². The van der Waals surface area contributed by atoms with E-state index in [1.165, 1.54) is 37.6 Å². The van der Waals surface area contributed by atoms with Crippen LogP contribution in [0.4, 0.5) is 5.69 Å². The van der Waals surface area contributed by atoms with Gasteiger partial charge >= 0.3 is 0 Å². The first kappa shape index (κ1) is 21.7. The number of carbonyl (C=O) groups excluding carboxylic acids is 2. The highest BCUT2D eigenvalue weighted by Gasteiger charge is 2.19. The lowest BCUT2D eigenvalue weighted by atomic mass is 10.0. The van der Waals surface area contributed by atoms with Crippen molar-refractivity contribution < 1.29 is 14.3 Å². The highest BCUT2D eigenvalue weighted by molar-refractivity contribution is 8.04. The molecule has 2 heterocycles. The first-order chi connectivity index (χ1) is 14.0. The Morgan fingerprint density at radius 3 is 2.72 bits per heavy atom. The molecular weight excluding hydrogens is 386 g/mol. The third-order valence-electron chi connectivity index (χ3n) is 5.43. The molecule has 3 rings (SSSR count). The van der Waals surface area contributed by atoms with E-state index in [0.717, 1.165) is 18.7 Å². The number of likely N-dealkylation sites (tertiary alicyclic amines) is 1. The van der Waals surface area contributed by atoms with Crippen molar-refractivity contribution in [3.63, 3.8) is 0 Å². The molecule has 0 saturated carbocycles. The van der Waals surface area contributed by atoms with Gasteiger partial charge < -0.3 is 20.3 Å². The average molecular weight is 418 g/mol. The van der Waals surface area contributed by atoms with Crippen LogP contribution < -0.4 is 10.6 Å². The zero-order chi connectivity index (χ0) is 20.6. The number of rotatable bonds is 7. The zero-order valence-electron chi connectivity index (χ0n) is 17.3. The van der Waals surface area contributed by atoms with Gasteiger partial charge in [-0.1, -0.05) is 6.42 Å². The topological polar surface area (TPSA) is 70.7 Å². The molecular formula is C22H31N3O3S. The summed E-state index contributed by atoms with van der Waals surface area (Å²) in [4.78, 5) is 27.8. The van der Waals surface area contributed by atoms with Crippen LogP contribution in [0.2, 0.25) is 0 Å². The lowest BCUT2D eigenvalue weighted by Crippen LogP contribution is -2.39. The molecule has 0 aliphatic carbocycles. The maximum Gasteiger partial charge on any atom is 0.265 e. The van der Waals surface area contributed by atoms with Crippen LogP contribution in [-0.2, 0) is 9.53 Å². The van der Waals surface area contributed by atoms with E-state index in [4.69, 9.17) is 4.74 Å². The van der Waals surface area contributed by atoms with Crippen LogP contribution in [0.25, 0.3) is 0 Å². The number of allylic oxidation sites excluding steroid dienone is 1. The molecule has 0 bridgehead atoms. The van der Waals surface area contributed by atoms with Crippen LogP contribution in [0.5, 0.6) is 0 Å². The minimum absolute atomic E-state index is 0.0793. The minimum Gasteiger partial charge on any atom is -0.496 e. The van der Waals surface area contributed by atoms with Crippen molar-refractivity contribution in [2.75, 3.05) is 37.3 Å². The van der Waals surface area contributed by atoms with Gasteiger partial charge in [-0.25, -0.2) is 0 Å². The Kier molecular flexibility index (Phi) is 8.00. The second kappa shape index (κ2) is 10.7. The number of nitrogens with zero attached hydrogens (tertiary/aromatic N) is 1. The maximum atomic E-state index is 12.4. The molecule has 2 amide bonds. The predicted octanol–water partition coefficient (Wildman–Crippen LogP) is 3.61. The average Bonchev–Trinajstić information content (AvgIpc) is 2.73. The third-order valence-corrected chi connectivity index (χ3v) is 6.56. The van der Waals surface area contributed by atoms with Crippen LogP contribution in [0, 0.1) is 0 Å². The largest absolute Gasteiger partial charge is 0.496 e. The predicted molar refractivity (Wildman–Crippen MR) is 118 cm³/mol. The SMILES string of the molecule is CC1=C(C(=O)Nc2ccc(C(=O)NCCCN3CCCC[C@H]3C)cc2)SCCO1. The normalized spacial score (nSPS) is 20.1. The number of hydrogen-bond donors (Lipinski definition) is 2. The fourth-order valence-electron chi connectivity index (χ4n) is 3.70. The zero-order valence-corrected chi connectivity index (χ0v) is 18.1. The number of amides is 2. The van der Waals surface area contributed by atoms with E-state index in [-0.39, 0.29) is 11.8 Å². The summed E-state index contributed by atoms with van der Waals surface area (Å²) in [5.41, 5.74) is 1.26. The highest BCUT2D eigenvalue weighted by atomic mass is 32.2. The molecule has 1 saturated heterocycles. The van der Waals surface area contributed by atoms with Gasteiger partial charge in [-0.05, 0) is 63.9 Å². The van der Waals surface area contributed by atoms with Crippen molar-refractivity contribution >= 4 is 29.3 Å². The van der Waals surface area contributed by atoms with E-state index in [1.807, 2.05) is 0 Å². The second-order valence-corrected chi connectivity index (χ2v) is 8.71. The molecule has 0 unspecified atom stereocenters. The number of piperidine rings is 1. The summed E-state index contributed by atoms with van der Waals surface area (Å²) in [7, 11) is 0. The summed E-state index contributed by atoms with van der Waals surface area (Å²) in [6, 6.07) is 7.64. The Morgan fingerprint density at radius 2 is 2.00 bits per heavy atom. The third kappa shape index (κ3) is 6.24. The first-order valence-electron chi connectivity index (χ1n) is 10.4. The van der Waals surface area contributed by atoms with Crippen molar-refractivity contribution in [3.05, 3.63) is 40.5 Å². The van der Waals surface area contributed by atoms with Crippen molar-refractivity contribution in [2.45, 2.75) is 45.6 Å². The number of thioether (sulfide) groups is 1. The molecule has 1 atom stereocenters. The molecule has 0 aromatic heterocycles. The molecule has 6 nitrogen and oxygen atoms in total. The standard InChI is InChI=1S/C22H31N3O3S/c1-16-6-3-4-12-25(16)13-5-11-23-21(26)18-7-9-19(10-8-18)24-22(27)20-17(2)28-14-15-29-20/h7-10,16H,3-6,11-15H2,1-2H3,(H,23,26)(H,24,27)/t16-/m1/s1. The van der Waals surface area contributed by atoms with Crippen LogP contribution in [0.3, 0.4) is 0 Å². The molecule has 2 aliphatic heterocycles. The Balaban J connectivity index is 1.43. The van der Waals surface area contributed by atoms with Gasteiger partial charge in [0.25, 0.3) is 11.8 Å². The Morgan fingerprint density at radius 1 is 1.21 bits per heavy atom. The molecule has 0 spiro atoms. The molecule has 1 aromatic carbocycles. The second-order valence-electron chi connectivity index (χ2n) is 7.60. The summed E-state index contributed by atoms with van der Waals surface area (Å²) in [5, 5.41) is 5.86. The number of nitrogens with one attached hydrogen (secondary N) is 2. The van der Waals surface area contributed by atoms with Gasteiger partial charge in [0.05, 0.1) is 6.61 Å². The summed E-state index contributed by atoms with van der Waals surface area (Å²) in [5.74, 6) is 1.19. The first-order valence-corrected chi connectivity index (χ1v) is 11.4. The van der Waals surface area contributed by atoms with E-state index in [0.29, 0.717) is 41.1 Å². The molecule has 2 aliphatic rings. The molecule has 0 radical (unpaired) electrons. The molecule has 158 valence electrons. The Labute approximate surface area is 177 Å². The fourth-order valence-corrected chi connectivity index (χ4v) is 4.51. The molecule has 1 aromatic rings. The van der Waals surface area contributed by atoms with Crippen LogP contribution in [0.15, 0.2) is 34.9 Å². The molecule has 29 heavy (non-hydrogen) atoms. The lowest BCUT2D eigenvalue weighted by Gasteiger charge is -2.33. The maximum absolute atomic E-state index is 12.4. The van der Waals surface area contributed by atoms with E-state index >= 15 is 0 Å². The number of benzene rings is 1. The van der Waals surface area contributed by atoms with E-state index < -0.39 is 0 Å². The summed E-state index contributed by atoms with van der Waals surface area (Å²) < 4.78 is 5.43. The van der Waals surface area contributed by atoms with Crippen molar-refractivity contribution in [3.8, 4) is 0 Å². The number of anilines is 1. The van der Waals surface area contributed by atoms with Gasteiger partial charge in [0.2, 0.25) is 0 Å². The van der Waals surface area contributed by atoms with Gasteiger partial charge in [0.15, 0.2) is 0 Å². The number of ether oxygens (including phenoxy) is 1. The summed E-state index contributed by atoms with van der Waals surface area (Å²) in [6.07, 6.45) is 4.84. The molecule has 1 fully saturated rings. The highest BCUT2D eigenvalue weighted by Crippen LogP contribution is 2.26. The van der Waals surface area contributed by atoms with Gasteiger partial charge in [0.1, 0.15) is 10.7 Å². The summed E-state index contributed by atoms with van der Waals surface area (Å²) >= 11 is 1.50. The molecule has 2 N–H and O–H groups in total. The van der Waals surface area contributed by atoms with Gasteiger partial charge in [-0.15, -0.1) is 11.8 Å².